The Morgan fingerprint density at radius 1 is 1.39 bits per heavy atom. The van der Waals surface area contributed by atoms with Crippen LogP contribution in [0, 0.1) is 18.2 Å². The fraction of sp³-hybridized carbons (Fsp3) is 0.286. The van der Waals surface area contributed by atoms with Crippen molar-refractivity contribution in [1.29, 1.82) is 5.41 Å². The average Bonchev–Trinajstić information content (AvgIpc) is 2.67. The van der Waals surface area contributed by atoms with Gasteiger partial charge < -0.3 is 15.4 Å². The number of halogens is 1. The number of esters is 1. The molecule has 3 rings (SSSR count). The molecule has 0 saturated heterocycles. The second-order valence-corrected chi connectivity index (χ2v) is 6.72. The fourth-order valence-electron chi connectivity index (χ4n) is 3.18. The normalized spacial score (nSPS) is 13.8. The first-order valence-corrected chi connectivity index (χ1v) is 9.07. The second-order valence-electron chi connectivity index (χ2n) is 6.72. The fourth-order valence-corrected chi connectivity index (χ4v) is 3.18. The Morgan fingerprint density at radius 3 is 2.89 bits per heavy atom. The largest absolute Gasteiger partial charge is 0.460 e. The van der Waals surface area contributed by atoms with Crippen LogP contribution in [0.3, 0.4) is 0 Å². The van der Waals surface area contributed by atoms with Crippen LogP contribution in [-0.2, 0) is 16.1 Å². The molecule has 0 atom stereocenters. The minimum atomic E-state index is -0.643. The Balaban J connectivity index is 1.69. The van der Waals surface area contributed by atoms with Crippen LogP contribution < -0.4 is 10.6 Å². The number of ether oxygens (including phenoxy) is 1. The number of pyridine rings is 1. The van der Waals surface area contributed by atoms with Crippen LogP contribution in [0.15, 0.2) is 42.6 Å². The van der Waals surface area contributed by atoms with Gasteiger partial charge in [0, 0.05) is 30.5 Å². The van der Waals surface area contributed by atoms with E-state index in [0.717, 1.165) is 17.7 Å². The number of benzene rings is 1. The molecule has 2 aromatic rings. The van der Waals surface area contributed by atoms with Crippen molar-refractivity contribution in [3.05, 3.63) is 65.2 Å². The zero-order valence-corrected chi connectivity index (χ0v) is 15.7. The predicted octanol–water partition coefficient (Wildman–Crippen LogP) is 3.19. The first-order valence-electron chi connectivity index (χ1n) is 9.07. The van der Waals surface area contributed by atoms with Crippen molar-refractivity contribution in [3.8, 4) is 0 Å². The summed E-state index contributed by atoms with van der Waals surface area (Å²) in [5.74, 6) is -1.32. The summed E-state index contributed by atoms with van der Waals surface area (Å²) in [5.41, 5.74) is 9.31. The number of aryl methyl sites for hydroxylation is 1. The number of aromatic nitrogens is 1. The average molecular weight is 382 g/mol. The Kier molecular flexibility index (Phi) is 6.03. The van der Waals surface area contributed by atoms with Gasteiger partial charge in [-0.2, -0.15) is 0 Å². The van der Waals surface area contributed by atoms with E-state index in [9.17, 15) is 9.18 Å². The molecular weight excluding hydrogens is 359 g/mol. The Labute approximate surface area is 163 Å². The van der Waals surface area contributed by atoms with E-state index in [4.69, 9.17) is 15.9 Å². The summed E-state index contributed by atoms with van der Waals surface area (Å²) < 4.78 is 19.9. The van der Waals surface area contributed by atoms with Crippen molar-refractivity contribution < 1.29 is 13.9 Å². The molecular formula is C21H23FN4O2. The maximum Gasteiger partial charge on any atom is 0.313 e. The lowest BCUT2D eigenvalue weighted by Gasteiger charge is -2.29. The van der Waals surface area contributed by atoms with Crippen molar-refractivity contribution in [2.75, 3.05) is 18.0 Å². The Morgan fingerprint density at radius 2 is 2.21 bits per heavy atom. The zero-order valence-electron chi connectivity index (χ0n) is 15.7. The van der Waals surface area contributed by atoms with Crippen molar-refractivity contribution in [2.24, 2.45) is 5.73 Å². The predicted molar refractivity (Wildman–Crippen MR) is 107 cm³/mol. The van der Waals surface area contributed by atoms with Crippen LogP contribution in [0.5, 0.6) is 0 Å². The summed E-state index contributed by atoms with van der Waals surface area (Å²) in [6, 6.07) is 9.11. The number of nitrogens with zero attached hydrogens (tertiary/aromatic N) is 2. The van der Waals surface area contributed by atoms with Gasteiger partial charge in [-0.05, 0) is 42.7 Å². The number of hydrogen-bond donors (Lipinski definition) is 2. The number of hydrogen-bond acceptors (Lipinski definition) is 5. The van der Waals surface area contributed by atoms with Crippen LogP contribution in [0.4, 0.5) is 10.1 Å². The Bertz CT molecular complexity index is 926. The highest BCUT2D eigenvalue weighted by Gasteiger charge is 2.19. The van der Waals surface area contributed by atoms with Crippen molar-refractivity contribution in [2.45, 2.75) is 26.4 Å². The number of nitrogens with two attached hydrogens (primary N) is 1. The molecule has 3 N–H and O–H groups in total. The van der Waals surface area contributed by atoms with E-state index in [-0.39, 0.29) is 18.9 Å². The molecule has 0 radical (unpaired) electrons. The smallest absolute Gasteiger partial charge is 0.313 e. The highest BCUT2D eigenvalue weighted by atomic mass is 19.1. The summed E-state index contributed by atoms with van der Waals surface area (Å²) in [7, 11) is 0. The van der Waals surface area contributed by atoms with Crippen LogP contribution in [0.1, 0.15) is 29.7 Å². The minimum absolute atomic E-state index is 0.184. The third kappa shape index (κ3) is 4.73. The lowest BCUT2D eigenvalue weighted by atomic mass is 9.99. The van der Waals surface area contributed by atoms with E-state index >= 15 is 0 Å². The summed E-state index contributed by atoms with van der Waals surface area (Å²) >= 11 is 0. The molecule has 6 nitrogen and oxygen atoms in total. The molecule has 1 aromatic carbocycles. The maximum absolute atomic E-state index is 14.9. The van der Waals surface area contributed by atoms with Gasteiger partial charge in [-0.15, -0.1) is 0 Å². The van der Waals surface area contributed by atoms with Gasteiger partial charge in [-0.1, -0.05) is 18.2 Å². The third-order valence-electron chi connectivity index (χ3n) is 4.60. The van der Waals surface area contributed by atoms with E-state index < -0.39 is 11.8 Å². The van der Waals surface area contributed by atoms with Crippen molar-refractivity contribution in [1.82, 2.24) is 4.98 Å². The van der Waals surface area contributed by atoms with Gasteiger partial charge in [-0.25, -0.2) is 4.39 Å². The first kappa shape index (κ1) is 19.5. The van der Waals surface area contributed by atoms with E-state index in [1.807, 2.05) is 17.9 Å². The summed E-state index contributed by atoms with van der Waals surface area (Å²) in [6.45, 7) is 3.07. The summed E-state index contributed by atoms with van der Waals surface area (Å²) in [6.07, 6.45) is 4.42. The van der Waals surface area contributed by atoms with Gasteiger partial charge >= 0.3 is 5.97 Å². The van der Waals surface area contributed by atoms with Crippen LogP contribution in [0.2, 0.25) is 0 Å². The maximum atomic E-state index is 14.9. The quantitative estimate of drug-likeness (QED) is 0.455. The number of rotatable bonds is 6. The Hall–Kier alpha value is -3.22. The molecule has 146 valence electrons. The van der Waals surface area contributed by atoms with E-state index in [1.54, 1.807) is 24.4 Å². The van der Waals surface area contributed by atoms with E-state index in [0.29, 0.717) is 24.3 Å². The van der Waals surface area contributed by atoms with Gasteiger partial charge in [-0.3, -0.25) is 15.2 Å². The molecule has 0 spiro atoms. The molecule has 28 heavy (non-hydrogen) atoms. The standard InChI is InChI=1S/C21H23FN4O2/c1-14-11-16(5-8-25-14)15-6-9-26(10-7-15)18-4-2-3-17(21(18)22)13-28-20(27)12-19(23)24/h2-6,8,11H,7,9-10,12-13H2,1H3,(H3,23,24). The van der Waals surface area contributed by atoms with E-state index in [2.05, 4.69) is 17.1 Å². The molecule has 7 heteroatoms. The topological polar surface area (TPSA) is 92.3 Å². The molecule has 0 unspecified atom stereocenters. The number of nitrogens with one attached hydrogen (secondary N) is 1. The molecule has 2 heterocycles. The number of carbonyl (C=O) groups is 1. The number of amidine groups is 1. The van der Waals surface area contributed by atoms with Crippen molar-refractivity contribution in [3.63, 3.8) is 0 Å². The molecule has 1 aromatic heterocycles. The molecule has 1 aliphatic rings. The SMILES string of the molecule is Cc1cc(C2=CCN(c3cccc(COC(=O)CC(=N)N)c3F)CC2)ccn1. The second kappa shape index (κ2) is 8.65. The number of carbonyl (C=O) groups excluding carboxylic acids is 1. The van der Waals surface area contributed by atoms with Gasteiger partial charge in [0.05, 0.1) is 5.69 Å². The van der Waals surface area contributed by atoms with E-state index in [1.165, 1.54) is 5.57 Å². The lowest BCUT2D eigenvalue weighted by Crippen LogP contribution is -2.29. The highest BCUT2D eigenvalue weighted by molar-refractivity contribution is 5.94. The summed E-state index contributed by atoms with van der Waals surface area (Å²) in [5, 5.41) is 7.10. The van der Waals surface area contributed by atoms with Crippen LogP contribution in [-0.4, -0.2) is 29.9 Å². The number of anilines is 1. The molecule has 0 aliphatic carbocycles. The van der Waals surface area contributed by atoms with Gasteiger partial charge in [0.25, 0.3) is 0 Å². The molecule has 0 saturated carbocycles. The van der Waals surface area contributed by atoms with Gasteiger partial charge in [0.1, 0.15) is 18.9 Å². The lowest BCUT2D eigenvalue weighted by molar-refractivity contribution is -0.143. The molecule has 1 aliphatic heterocycles. The first-order chi connectivity index (χ1) is 13.4. The monoisotopic (exact) mass is 382 g/mol. The minimum Gasteiger partial charge on any atom is -0.460 e. The zero-order chi connectivity index (χ0) is 20.1. The van der Waals surface area contributed by atoms with Crippen LogP contribution in [0.25, 0.3) is 5.57 Å². The summed E-state index contributed by atoms with van der Waals surface area (Å²) in [4.78, 5) is 17.7. The van der Waals surface area contributed by atoms with Crippen LogP contribution >= 0.6 is 0 Å². The highest BCUT2D eigenvalue weighted by Crippen LogP contribution is 2.29. The van der Waals surface area contributed by atoms with Crippen molar-refractivity contribution >= 4 is 23.1 Å². The van der Waals surface area contributed by atoms with Gasteiger partial charge in [0.2, 0.25) is 0 Å². The third-order valence-corrected chi connectivity index (χ3v) is 4.60. The molecule has 0 fully saturated rings. The molecule has 0 amide bonds. The van der Waals surface area contributed by atoms with Gasteiger partial charge in [0.15, 0.2) is 5.82 Å². The molecule has 0 bridgehead atoms.